The first-order valence-corrected chi connectivity index (χ1v) is 14.1. The van der Waals surface area contributed by atoms with Crippen molar-refractivity contribution in [3.05, 3.63) is 118 Å². The zero-order valence-corrected chi connectivity index (χ0v) is 23.9. The Morgan fingerprint density at radius 2 is 1.54 bits per heavy atom. The summed E-state index contributed by atoms with van der Waals surface area (Å²) < 4.78 is 0. The molecule has 0 unspecified atom stereocenters. The lowest BCUT2D eigenvalue weighted by Crippen LogP contribution is -2.51. The third-order valence-corrected chi connectivity index (χ3v) is 7.52. The van der Waals surface area contributed by atoms with Crippen LogP contribution in [-0.2, 0) is 29.0 Å². The van der Waals surface area contributed by atoms with E-state index in [-0.39, 0.29) is 30.7 Å². The first kappa shape index (κ1) is 28.7. The number of rotatable bonds is 11. The second kappa shape index (κ2) is 13.6. The van der Waals surface area contributed by atoms with Gasteiger partial charge in [-0.15, -0.1) is 0 Å². The fourth-order valence-electron chi connectivity index (χ4n) is 4.71. The summed E-state index contributed by atoms with van der Waals surface area (Å²) in [4.78, 5) is 29.3. The number of carbonyl (C=O) groups is 2. The Kier molecular flexibility index (Phi) is 10.0. The van der Waals surface area contributed by atoms with E-state index in [4.69, 9.17) is 23.2 Å². The van der Waals surface area contributed by atoms with E-state index in [9.17, 15) is 9.59 Å². The minimum Gasteiger partial charge on any atom is -0.354 e. The fourth-order valence-corrected chi connectivity index (χ4v) is 5.03. The van der Waals surface area contributed by atoms with Crippen LogP contribution in [0.25, 0.3) is 10.8 Å². The van der Waals surface area contributed by atoms with Crippen molar-refractivity contribution in [1.82, 2.24) is 10.2 Å². The van der Waals surface area contributed by atoms with Gasteiger partial charge in [-0.2, -0.15) is 0 Å². The van der Waals surface area contributed by atoms with Crippen molar-refractivity contribution in [2.24, 2.45) is 5.92 Å². The summed E-state index contributed by atoms with van der Waals surface area (Å²) in [5.74, 6) is 0.0395. The van der Waals surface area contributed by atoms with Crippen LogP contribution in [0.5, 0.6) is 0 Å². The molecule has 0 saturated heterocycles. The number of fused-ring (bicyclic) bond motifs is 1. The normalized spacial score (nSPS) is 11.9. The van der Waals surface area contributed by atoms with E-state index < -0.39 is 6.04 Å². The van der Waals surface area contributed by atoms with Crippen molar-refractivity contribution in [2.45, 2.75) is 45.7 Å². The molecular formula is C33H34Cl2N2O2. The van der Waals surface area contributed by atoms with Crippen LogP contribution >= 0.6 is 23.2 Å². The molecule has 0 radical (unpaired) electrons. The number of halogens is 2. The second-order valence-electron chi connectivity index (χ2n) is 10.3. The van der Waals surface area contributed by atoms with Gasteiger partial charge in [-0.25, -0.2) is 0 Å². The molecule has 4 rings (SSSR count). The molecule has 6 heteroatoms. The Balaban J connectivity index is 1.65. The van der Waals surface area contributed by atoms with E-state index in [0.29, 0.717) is 29.4 Å². The van der Waals surface area contributed by atoms with Crippen molar-refractivity contribution < 1.29 is 9.59 Å². The summed E-state index contributed by atoms with van der Waals surface area (Å²) in [6.07, 6.45) is 1.26. The maximum absolute atomic E-state index is 14.0. The van der Waals surface area contributed by atoms with Gasteiger partial charge in [0.25, 0.3) is 0 Å². The Hall–Kier alpha value is -3.34. The highest BCUT2D eigenvalue weighted by atomic mass is 35.5. The summed E-state index contributed by atoms with van der Waals surface area (Å²) in [7, 11) is 0. The Bertz CT molecular complexity index is 1420. The van der Waals surface area contributed by atoms with Gasteiger partial charge in [-0.05, 0) is 51.9 Å². The SMILES string of the molecule is CC(C)CNC(=O)[C@H](Cc1ccccc1)N(Cc1ccc(Cl)c(Cl)c1)C(=O)CCc1cccc2ccccc12. The molecule has 1 atom stereocenters. The van der Waals surface area contributed by atoms with Crippen molar-refractivity contribution >= 4 is 45.8 Å². The third kappa shape index (κ3) is 7.84. The van der Waals surface area contributed by atoms with E-state index >= 15 is 0 Å². The monoisotopic (exact) mass is 560 g/mol. The predicted octanol–water partition coefficient (Wildman–Crippen LogP) is 7.49. The van der Waals surface area contributed by atoms with Gasteiger partial charge in [0.05, 0.1) is 10.0 Å². The highest BCUT2D eigenvalue weighted by Crippen LogP contribution is 2.25. The van der Waals surface area contributed by atoms with Gasteiger partial charge >= 0.3 is 0 Å². The highest BCUT2D eigenvalue weighted by molar-refractivity contribution is 6.42. The van der Waals surface area contributed by atoms with Gasteiger partial charge < -0.3 is 10.2 Å². The van der Waals surface area contributed by atoms with Gasteiger partial charge in [0, 0.05) is 25.9 Å². The number of nitrogens with one attached hydrogen (secondary N) is 1. The first-order chi connectivity index (χ1) is 18.8. The smallest absolute Gasteiger partial charge is 0.243 e. The van der Waals surface area contributed by atoms with Gasteiger partial charge in [-0.3, -0.25) is 9.59 Å². The highest BCUT2D eigenvalue weighted by Gasteiger charge is 2.30. The zero-order chi connectivity index (χ0) is 27.8. The Labute approximate surface area is 240 Å². The molecular weight excluding hydrogens is 527 g/mol. The van der Waals surface area contributed by atoms with Gasteiger partial charge in [-0.1, -0.05) is 116 Å². The third-order valence-electron chi connectivity index (χ3n) is 6.78. The van der Waals surface area contributed by atoms with Crippen LogP contribution in [0, 0.1) is 5.92 Å². The molecule has 4 aromatic rings. The van der Waals surface area contributed by atoms with Crippen LogP contribution in [0.3, 0.4) is 0 Å². The molecule has 0 aliphatic carbocycles. The van der Waals surface area contributed by atoms with E-state index in [1.165, 1.54) is 0 Å². The molecule has 202 valence electrons. The maximum atomic E-state index is 14.0. The van der Waals surface area contributed by atoms with Gasteiger partial charge in [0.15, 0.2) is 0 Å². The van der Waals surface area contributed by atoms with Gasteiger partial charge in [0.1, 0.15) is 6.04 Å². The van der Waals surface area contributed by atoms with E-state index in [1.54, 1.807) is 17.0 Å². The number of hydrogen-bond acceptors (Lipinski definition) is 2. The van der Waals surface area contributed by atoms with Crippen molar-refractivity contribution in [1.29, 1.82) is 0 Å². The molecule has 0 aliphatic heterocycles. The number of aryl methyl sites for hydroxylation is 1. The molecule has 4 aromatic carbocycles. The Morgan fingerprint density at radius 1 is 0.821 bits per heavy atom. The van der Waals surface area contributed by atoms with Crippen LogP contribution in [0.15, 0.2) is 91.0 Å². The number of benzene rings is 4. The second-order valence-corrected chi connectivity index (χ2v) is 11.1. The molecule has 4 nitrogen and oxygen atoms in total. The van der Waals surface area contributed by atoms with Gasteiger partial charge in [0.2, 0.25) is 11.8 Å². The topological polar surface area (TPSA) is 49.4 Å². The summed E-state index contributed by atoms with van der Waals surface area (Å²) in [5, 5.41) is 6.21. The van der Waals surface area contributed by atoms with Crippen molar-refractivity contribution in [3.63, 3.8) is 0 Å². The number of nitrogens with zero attached hydrogens (tertiary/aromatic N) is 1. The molecule has 0 spiro atoms. The molecule has 0 fully saturated rings. The molecule has 2 amide bonds. The molecule has 0 saturated carbocycles. The molecule has 0 heterocycles. The zero-order valence-electron chi connectivity index (χ0n) is 22.4. The number of hydrogen-bond donors (Lipinski definition) is 1. The quantitative estimate of drug-likeness (QED) is 0.206. The van der Waals surface area contributed by atoms with Crippen LogP contribution in [0.4, 0.5) is 0 Å². The standard InChI is InChI=1S/C33H34Cl2N2O2/c1-23(2)21-36-33(39)31(20-24-9-4-3-5-10-24)37(22-25-15-17-29(34)30(35)19-25)32(38)18-16-27-13-8-12-26-11-6-7-14-28(26)27/h3-15,17,19,23,31H,16,18,20-22H2,1-2H3,(H,36,39)/t31-/m0/s1. The number of amides is 2. The lowest BCUT2D eigenvalue weighted by Gasteiger charge is -2.32. The lowest BCUT2D eigenvalue weighted by atomic mass is 9.99. The van der Waals surface area contributed by atoms with E-state index in [2.05, 4.69) is 43.4 Å². The van der Waals surface area contributed by atoms with Crippen LogP contribution in [0.1, 0.15) is 37.0 Å². The fraction of sp³-hybridized carbons (Fsp3) is 0.273. The van der Waals surface area contributed by atoms with Crippen molar-refractivity contribution in [3.8, 4) is 0 Å². The minimum atomic E-state index is -0.680. The van der Waals surface area contributed by atoms with Crippen molar-refractivity contribution in [2.75, 3.05) is 6.54 Å². The lowest BCUT2D eigenvalue weighted by molar-refractivity contribution is -0.141. The molecule has 0 aliphatic rings. The maximum Gasteiger partial charge on any atom is 0.243 e. The molecule has 1 N–H and O–H groups in total. The van der Waals surface area contributed by atoms with Crippen LogP contribution in [0.2, 0.25) is 10.0 Å². The minimum absolute atomic E-state index is 0.0883. The largest absolute Gasteiger partial charge is 0.354 e. The summed E-state index contributed by atoms with van der Waals surface area (Å²) in [5.41, 5.74) is 2.92. The summed E-state index contributed by atoms with van der Waals surface area (Å²) in [6.45, 7) is 4.89. The number of carbonyl (C=O) groups excluding carboxylic acids is 2. The molecule has 39 heavy (non-hydrogen) atoms. The predicted molar refractivity (Wildman–Crippen MR) is 161 cm³/mol. The summed E-state index contributed by atoms with van der Waals surface area (Å²) in [6, 6.07) is 28.8. The van der Waals surface area contributed by atoms with E-state index in [0.717, 1.165) is 27.5 Å². The van der Waals surface area contributed by atoms with Crippen LogP contribution in [-0.4, -0.2) is 29.3 Å². The molecule has 0 aromatic heterocycles. The molecule has 0 bridgehead atoms. The average Bonchev–Trinajstić information content (AvgIpc) is 2.94. The summed E-state index contributed by atoms with van der Waals surface area (Å²) >= 11 is 12.5. The van der Waals surface area contributed by atoms with Crippen LogP contribution < -0.4 is 5.32 Å². The van der Waals surface area contributed by atoms with E-state index in [1.807, 2.05) is 54.6 Å². The Morgan fingerprint density at radius 3 is 2.28 bits per heavy atom. The first-order valence-electron chi connectivity index (χ1n) is 13.3. The average molecular weight is 562 g/mol.